The number of piperidine rings is 1. The molecule has 0 bridgehead atoms. The lowest BCUT2D eigenvalue weighted by atomic mass is 9.98. The number of halogens is 2. The molecule has 266 valence electrons. The van der Waals surface area contributed by atoms with Crippen LogP contribution in [-0.4, -0.2) is 94.6 Å². The largest absolute Gasteiger partial charge is 0.490 e. The van der Waals surface area contributed by atoms with Crippen LogP contribution in [0.3, 0.4) is 0 Å². The first kappa shape index (κ1) is 38.0. The Hall–Kier alpha value is -4.47. The zero-order chi connectivity index (χ0) is 35.5. The fraction of sp³-hybridized carbons (Fsp3) is 0.594. The second kappa shape index (κ2) is 17.1. The summed E-state index contributed by atoms with van der Waals surface area (Å²) in [6.07, 6.45) is 5.46. The zero-order valence-electron chi connectivity index (χ0n) is 28.6. The number of guanidine groups is 1. The number of esters is 1. The number of likely N-dealkylation sites (tertiary alicyclic amines) is 1. The van der Waals surface area contributed by atoms with E-state index in [1.807, 2.05) is 30.6 Å². The highest BCUT2D eigenvalue weighted by Gasteiger charge is 2.35. The minimum atomic E-state index is -1.14. The monoisotopic (exact) mass is 677 g/mol. The van der Waals surface area contributed by atoms with Gasteiger partial charge in [0.05, 0.1) is 31.6 Å². The molecule has 48 heavy (non-hydrogen) atoms. The van der Waals surface area contributed by atoms with E-state index < -0.39 is 34.8 Å². The number of carbonyl (C=O) groups is 2. The van der Waals surface area contributed by atoms with Gasteiger partial charge in [-0.05, 0) is 91.0 Å². The fourth-order valence-corrected chi connectivity index (χ4v) is 4.75. The van der Waals surface area contributed by atoms with Crippen LogP contribution in [0.5, 0.6) is 5.75 Å². The van der Waals surface area contributed by atoms with Crippen LogP contribution in [0.25, 0.3) is 0 Å². The number of alkyl carbamates (subject to hydrolysis) is 1. The third-order valence-corrected chi connectivity index (χ3v) is 7.59. The predicted octanol–water partition coefficient (Wildman–Crippen LogP) is 3.38. The van der Waals surface area contributed by atoms with Crippen molar-refractivity contribution in [2.24, 2.45) is 22.6 Å². The molecule has 1 atom stereocenters. The van der Waals surface area contributed by atoms with Crippen molar-refractivity contribution in [1.82, 2.24) is 25.3 Å². The molecule has 5 N–H and O–H groups in total. The van der Waals surface area contributed by atoms with E-state index in [9.17, 15) is 18.4 Å². The summed E-state index contributed by atoms with van der Waals surface area (Å²) >= 11 is 0. The standard InChI is InChI=1S/C26H45N9O5.C6H4F2/c1-7-38-21(36)26(5,6)35(28)32-22(27)33-11-8-18(9-12-33)17-39-20-14-29-23(30-15-20)34-13-10-19(16-34)31-24(37)40-25(2,3)4;7-5-1-2-6(8)4-3-5/h14-15,18-19H,7-13,16-17,28H2,1-6H3,(H2,27,32)(H,31,37);1-4H. The van der Waals surface area contributed by atoms with Crippen molar-refractivity contribution < 1.29 is 32.6 Å². The maximum absolute atomic E-state index is 12.2. The van der Waals surface area contributed by atoms with Crippen molar-refractivity contribution in [3.8, 4) is 5.75 Å². The van der Waals surface area contributed by atoms with Crippen molar-refractivity contribution >= 4 is 24.0 Å². The molecule has 16 heteroatoms. The van der Waals surface area contributed by atoms with Gasteiger partial charge in [-0.3, -0.25) is 0 Å². The van der Waals surface area contributed by atoms with Crippen LogP contribution < -0.4 is 26.5 Å². The SMILES string of the molecule is CCOC(=O)C(C)(C)N(N)/N=C(\N)N1CCC(COc2cnc(N3CCC(NC(=O)OC(C)(C)C)C3)nc2)CC1.Fc1ccc(F)cc1. The third kappa shape index (κ3) is 12.0. The average molecular weight is 678 g/mol. The number of anilines is 1. The minimum Gasteiger partial charge on any atom is -0.490 e. The Morgan fingerprint density at radius 3 is 2.15 bits per heavy atom. The maximum atomic E-state index is 12.2. The van der Waals surface area contributed by atoms with Gasteiger partial charge in [-0.15, -0.1) is 5.10 Å². The molecule has 1 aromatic heterocycles. The van der Waals surface area contributed by atoms with Gasteiger partial charge in [-0.25, -0.2) is 39.3 Å². The maximum Gasteiger partial charge on any atom is 0.407 e. The number of hydrogen-bond donors (Lipinski definition) is 3. The van der Waals surface area contributed by atoms with Crippen LogP contribution in [0.2, 0.25) is 0 Å². The summed E-state index contributed by atoms with van der Waals surface area (Å²) in [7, 11) is 0. The number of rotatable bonds is 9. The molecule has 2 saturated heterocycles. The van der Waals surface area contributed by atoms with E-state index in [0.717, 1.165) is 55.2 Å². The molecule has 0 aliphatic carbocycles. The van der Waals surface area contributed by atoms with Gasteiger partial charge in [0.25, 0.3) is 0 Å². The number of hydrazine groups is 1. The Kier molecular flexibility index (Phi) is 13.5. The Morgan fingerprint density at radius 1 is 1.02 bits per heavy atom. The first-order valence-electron chi connectivity index (χ1n) is 16.0. The minimum absolute atomic E-state index is 0.0173. The number of ether oxygens (including phenoxy) is 3. The molecule has 0 spiro atoms. The van der Waals surface area contributed by atoms with Gasteiger partial charge in [0.15, 0.2) is 11.3 Å². The van der Waals surface area contributed by atoms with Crippen molar-refractivity contribution in [3.63, 3.8) is 0 Å². The smallest absolute Gasteiger partial charge is 0.407 e. The Bertz CT molecular complexity index is 1330. The lowest BCUT2D eigenvalue weighted by Gasteiger charge is -2.35. The van der Waals surface area contributed by atoms with E-state index in [1.54, 1.807) is 33.2 Å². The summed E-state index contributed by atoms with van der Waals surface area (Å²) in [4.78, 5) is 37.1. The lowest BCUT2D eigenvalue weighted by molar-refractivity contribution is -0.156. The number of carbonyl (C=O) groups excluding carboxylic acids is 2. The second-order valence-electron chi connectivity index (χ2n) is 13.1. The fourth-order valence-electron chi connectivity index (χ4n) is 4.75. The Balaban J connectivity index is 0.000000681. The van der Waals surface area contributed by atoms with Gasteiger partial charge < -0.3 is 35.1 Å². The molecule has 0 radical (unpaired) electrons. The van der Waals surface area contributed by atoms with E-state index >= 15 is 0 Å². The van der Waals surface area contributed by atoms with Crippen LogP contribution >= 0.6 is 0 Å². The van der Waals surface area contributed by atoms with Gasteiger partial charge in [0, 0.05) is 26.2 Å². The van der Waals surface area contributed by atoms with E-state index in [-0.39, 0.29) is 18.6 Å². The lowest BCUT2D eigenvalue weighted by Crippen LogP contribution is -2.54. The molecule has 0 saturated carbocycles. The number of nitrogens with two attached hydrogens (primary N) is 2. The van der Waals surface area contributed by atoms with Crippen LogP contribution in [0.4, 0.5) is 19.5 Å². The molecule has 2 aromatic rings. The van der Waals surface area contributed by atoms with E-state index in [4.69, 9.17) is 25.8 Å². The molecule has 14 nitrogen and oxygen atoms in total. The number of amides is 1. The summed E-state index contributed by atoms with van der Waals surface area (Å²) in [5.41, 5.74) is 4.50. The van der Waals surface area contributed by atoms with Crippen molar-refractivity contribution in [3.05, 3.63) is 48.3 Å². The Labute approximate surface area is 280 Å². The molecular formula is C32H49F2N9O5. The molecule has 3 heterocycles. The van der Waals surface area contributed by atoms with Gasteiger partial charge in [-0.1, -0.05) is 0 Å². The first-order valence-corrected chi connectivity index (χ1v) is 16.0. The molecular weight excluding hydrogens is 628 g/mol. The predicted molar refractivity (Wildman–Crippen MR) is 177 cm³/mol. The van der Waals surface area contributed by atoms with E-state index in [2.05, 4.69) is 20.4 Å². The highest BCUT2D eigenvalue weighted by Crippen LogP contribution is 2.22. The zero-order valence-corrected chi connectivity index (χ0v) is 28.6. The third-order valence-electron chi connectivity index (χ3n) is 7.59. The molecule has 4 rings (SSSR count). The number of hydrogen-bond acceptors (Lipinski definition) is 11. The topological polar surface area (TPSA) is 174 Å². The highest BCUT2D eigenvalue weighted by atomic mass is 19.1. The molecule has 2 aliphatic heterocycles. The van der Waals surface area contributed by atoms with Crippen LogP contribution in [0, 0.1) is 17.6 Å². The number of aromatic nitrogens is 2. The molecule has 1 amide bonds. The van der Waals surface area contributed by atoms with Gasteiger partial charge in [0.2, 0.25) is 11.9 Å². The average Bonchev–Trinajstić information content (AvgIpc) is 3.49. The van der Waals surface area contributed by atoms with Gasteiger partial charge in [-0.2, -0.15) is 0 Å². The van der Waals surface area contributed by atoms with Crippen molar-refractivity contribution in [2.75, 3.05) is 44.3 Å². The van der Waals surface area contributed by atoms with Crippen LogP contribution in [-0.2, 0) is 14.3 Å². The van der Waals surface area contributed by atoms with Crippen molar-refractivity contribution in [2.45, 2.75) is 78.0 Å². The van der Waals surface area contributed by atoms with Gasteiger partial charge in [0.1, 0.15) is 17.2 Å². The summed E-state index contributed by atoms with van der Waals surface area (Å²) < 4.78 is 40.2. The van der Waals surface area contributed by atoms with Crippen molar-refractivity contribution in [1.29, 1.82) is 0 Å². The molecule has 2 fully saturated rings. The van der Waals surface area contributed by atoms with Crippen LogP contribution in [0.15, 0.2) is 41.8 Å². The van der Waals surface area contributed by atoms with Gasteiger partial charge >= 0.3 is 12.1 Å². The summed E-state index contributed by atoms with van der Waals surface area (Å²) in [6.45, 7) is 14.1. The number of benzene rings is 1. The quantitative estimate of drug-likeness (QED) is 0.116. The molecule has 1 unspecified atom stereocenters. The summed E-state index contributed by atoms with van der Waals surface area (Å²) in [5, 5.41) is 8.18. The second-order valence-corrected chi connectivity index (χ2v) is 13.1. The van der Waals surface area contributed by atoms with E-state index in [0.29, 0.717) is 43.9 Å². The summed E-state index contributed by atoms with van der Waals surface area (Å²) in [6, 6.07) is 4.30. The Morgan fingerprint density at radius 2 is 1.60 bits per heavy atom. The number of nitrogens with one attached hydrogen (secondary N) is 1. The first-order chi connectivity index (χ1) is 22.6. The van der Waals surface area contributed by atoms with Crippen LogP contribution in [0.1, 0.15) is 60.8 Å². The van der Waals surface area contributed by atoms with E-state index in [1.165, 1.54) is 0 Å². The molecule has 2 aliphatic rings. The summed E-state index contributed by atoms with van der Waals surface area (Å²) in [5.74, 6) is 6.52. The highest BCUT2D eigenvalue weighted by molar-refractivity contribution is 5.81. The number of hydrazone groups is 1. The normalized spacial score (nSPS) is 17.3. The number of nitrogens with zero attached hydrogens (tertiary/aromatic N) is 6. The molecule has 1 aromatic carbocycles.